The quantitative estimate of drug-likeness (QED) is 0.289. The molecule has 0 aliphatic carbocycles. The summed E-state index contributed by atoms with van der Waals surface area (Å²) in [7, 11) is 0. The first-order valence-electron chi connectivity index (χ1n) is 12.8. The maximum Gasteiger partial charge on any atom is 0.416 e. The van der Waals surface area contributed by atoms with Gasteiger partial charge in [0.2, 0.25) is 0 Å². The van der Waals surface area contributed by atoms with Crippen LogP contribution in [0, 0.1) is 5.41 Å². The van der Waals surface area contributed by atoms with E-state index < -0.39 is 23.7 Å². The molecule has 2 aliphatic rings. The Morgan fingerprint density at radius 3 is 2.20 bits per heavy atom. The third kappa shape index (κ3) is 7.36. The van der Waals surface area contributed by atoms with Gasteiger partial charge in [0, 0.05) is 49.5 Å². The molecule has 2 saturated heterocycles. The summed E-state index contributed by atoms with van der Waals surface area (Å²) in [5.74, 6) is -1.19. The van der Waals surface area contributed by atoms with Crippen LogP contribution in [0.25, 0.3) is 0 Å². The number of amides is 2. The lowest BCUT2D eigenvalue weighted by Gasteiger charge is -2.34. The molecule has 2 aromatic carbocycles. The fourth-order valence-corrected chi connectivity index (χ4v) is 4.51. The van der Waals surface area contributed by atoms with Gasteiger partial charge in [-0.3, -0.25) is 29.7 Å². The summed E-state index contributed by atoms with van der Waals surface area (Å²) in [6, 6.07) is 10.1. The van der Waals surface area contributed by atoms with E-state index >= 15 is 0 Å². The number of carbonyl (C=O) groups excluding carboxylic acids is 3. The van der Waals surface area contributed by atoms with Crippen LogP contribution in [0.1, 0.15) is 28.4 Å². The summed E-state index contributed by atoms with van der Waals surface area (Å²) >= 11 is 0. The molecule has 2 aromatic rings. The van der Waals surface area contributed by atoms with Crippen molar-refractivity contribution in [1.82, 2.24) is 15.1 Å². The summed E-state index contributed by atoms with van der Waals surface area (Å²) in [5.41, 5.74) is 0.0397. The van der Waals surface area contributed by atoms with Gasteiger partial charge < -0.3 is 14.8 Å². The minimum absolute atomic E-state index is 0.0133. The van der Waals surface area contributed by atoms with E-state index in [1.165, 1.54) is 4.90 Å². The Bertz CT molecular complexity index is 1230. The van der Waals surface area contributed by atoms with Gasteiger partial charge in [0.25, 0.3) is 5.91 Å². The van der Waals surface area contributed by atoms with Gasteiger partial charge in [-0.15, -0.1) is 0 Å². The summed E-state index contributed by atoms with van der Waals surface area (Å²) < 4.78 is 48.7. The van der Waals surface area contributed by atoms with Crippen molar-refractivity contribution >= 4 is 29.5 Å². The van der Waals surface area contributed by atoms with Crippen LogP contribution in [0.5, 0.6) is 0 Å². The SMILES string of the molecule is CCOC(=O)CN1CCN(CC2CN(c3ccc(C(=N)NC(=O)c4ccc(C(F)(F)F)cc4)cc3)C(=O)O2)CC1. The van der Waals surface area contributed by atoms with E-state index in [1.54, 1.807) is 31.2 Å². The standard InChI is InChI=1S/C27H30F3N5O5/c1-2-39-23(36)17-34-13-11-33(12-14-34)15-22-16-35(26(38)40-22)21-9-5-18(6-10-21)24(31)32-25(37)19-3-7-20(8-4-19)27(28,29)30/h3-10,22H,2,11-17H2,1H3,(H2,31,32,37). The molecule has 214 valence electrons. The molecule has 1 atom stereocenters. The van der Waals surface area contributed by atoms with E-state index in [4.69, 9.17) is 14.9 Å². The number of anilines is 1. The third-order valence-corrected chi connectivity index (χ3v) is 6.64. The van der Waals surface area contributed by atoms with Gasteiger partial charge in [-0.1, -0.05) is 0 Å². The number of rotatable bonds is 8. The number of carbonyl (C=O) groups is 3. The van der Waals surface area contributed by atoms with Crippen molar-refractivity contribution < 1.29 is 37.0 Å². The molecule has 2 N–H and O–H groups in total. The van der Waals surface area contributed by atoms with Crippen molar-refractivity contribution in [3.8, 4) is 0 Å². The molecule has 10 nitrogen and oxygen atoms in total. The first-order valence-corrected chi connectivity index (χ1v) is 12.8. The monoisotopic (exact) mass is 561 g/mol. The Morgan fingerprint density at radius 1 is 1.00 bits per heavy atom. The van der Waals surface area contributed by atoms with Crippen LogP contribution in [0.4, 0.5) is 23.7 Å². The number of hydrogen-bond acceptors (Lipinski definition) is 8. The van der Waals surface area contributed by atoms with E-state index in [9.17, 15) is 27.6 Å². The number of hydrogen-bond donors (Lipinski definition) is 2. The Kier molecular flexibility index (Phi) is 9.05. The number of benzene rings is 2. The van der Waals surface area contributed by atoms with Gasteiger partial charge in [0.1, 0.15) is 11.9 Å². The highest BCUT2D eigenvalue weighted by atomic mass is 19.4. The summed E-state index contributed by atoms with van der Waals surface area (Å²) in [5, 5.41) is 10.5. The first-order chi connectivity index (χ1) is 19.0. The molecule has 4 rings (SSSR count). The summed E-state index contributed by atoms with van der Waals surface area (Å²) in [6.07, 6.45) is -5.32. The van der Waals surface area contributed by atoms with Crippen LogP contribution in [0.3, 0.4) is 0 Å². The second-order valence-corrected chi connectivity index (χ2v) is 9.45. The zero-order chi connectivity index (χ0) is 28.9. The molecule has 0 saturated carbocycles. The zero-order valence-electron chi connectivity index (χ0n) is 21.9. The largest absolute Gasteiger partial charge is 0.465 e. The maximum absolute atomic E-state index is 12.7. The Hall–Kier alpha value is -3.97. The van der Waals surface area contributed by atoms with E-state index in [0.29, 0.717) is 44.0 Å². The smallest absolute Gasteiger partial charge is 0.416 e. The van der Waals surface area contributed by atoms with Crippen LogP contribution < -0.4 is 10.2 Å². The van der Waals surface area contributed by atoms with Gasteiger partial charge >= 0.3 is 18.2 Å². The van der Waals surface area contributed by atoms with Crippen LogP contribution in [-0.4, -0.2) is 92.1 Å². The molecule has 0 bridgehead atoms. The van der Waals surface area contributed by atoms with Crippen LogP contribution in [0.15, 0.2) is 48.5 Å². The van der Waals surface area contributed by atoms with Gasteiger partial charge in [-0.05, 0) is 55.5 Å². The highest BCUT2D eigenvalue weighted by Crippen LogP contribution is 2.29. The molecule has 2 heterocycles. The van der Waals surface area contributed by atoms with Gasteiger partial charge in [0.05, 0.1) is 25.3 Å². The lowest BCUT2D eigenvalue weighted by molar-refractivity contribution is -0.145. The molecule has 13 heteroatoms. The lowest BCUT2D eigenvalue weighted by Crippen LogP contribution is -2.50. The Labute approximate surface area is 229 Å². The van der Waals surface area contributed by atoms with Crippen molar-refractivity contribution in [3.05, 3.63) is 65.2 Å². The highest BCUT2D eigenvalue weighted by Gasteiger charge is 2.34. The number of nitrogens with one attached hydrogen (secondary N) is 2. The number of nitrogens with zero attached hydrogens (tertiary/aromatic N) is 3. The van der Waals surface area contributed by atoms with Crippen molar-refractivity contribution in [2.45, 2.75) is 19.2 Å². The van der Waals surface area contributed by atoms with E-state index in [1.807, 2.05) is 4.90 Å². The second-order valence-electron chi connectivity index (χ2n) is 9.45. The van der Waals surface area contributed by atoms with Gasteiger partial charge in [-0.2, -0.15) is 13.2 Å². The first kappa shape index (κ1) is 29.0. The third-order valence-electron chi connectivity index (χ3n) is 6.64. The Morgan fingerprint density at radius 2 is 1.60 bits per heavy atom. The average Bonchev–Trinajstić information content (AvgIpc) is 3.29. The number of halogens is 3. The Balaban J connectivity index is 1.26. The minimum atomic E-state index is -4.51. The minimum Gasteiger partial charge on any atom is -0.465 e. The van der Waals surface area contributed by atoms with Crippen molar-refractivity contribution in [2.75, 3.05) is 57.3 Å². The molecule has 2 amide bonds. The molecule has 40 heavy (non-hydrogen) atoms. The van der Waals surface area contributed by atoms with Crippen LogP contribution in [-0.2, 0) is 20.4 Å². The predicted molar refractivity (Wildman–Crippen MR) is 139 cm³/mol. The number of cyclic esters (lactones) is 1. The predicted octanol–water partition coefficient (Wildman–Crippen LogP) is 2.97. The number of ether oxygens (including phenoxy) is 2. The normalized spacial score (nSPS) is 18.4. The fourth-order valence-electron chi connectivity index (χ4n) is 4.51. The van der Waals surface area contributed by atoms with Gasteiger partial charge in [-0.25, -0.2) is 4.79 Å². The number of piperazine rings is 1. The molecule has 0 aromatic heterocycles. The molecule has 0 radical (unpaired) electrons. The molecule has 0 spiro atoms. The van der Waals surface area contributed by atoms with Gasteiger partial charge in [0.15, 0.2) is 0 Å². The van der Waals surface area contributed by atoms with E-state index in [0.717, 1.165) is 37.4 Å². The zero-order valence-corrected chi connectivity index (χ0v) is 21.9. The number of esters is 1. The fraction of sp³-hybridized carbons (Fsp3) is 0.407. The lowest BCUT2D eigenvalue weighted by atomic mass is 10.1. The molecule has 2 fully saturated rings. The molecule has 2 aliphatic heterocycles. The maximum atomic E-state index is 12.7. The second kappa shape index (κ2) is 12.5. The average molecular weight is 562 g/mol. The van der Waals surface area contributed by atoms with Crippen molar-refractivity contribution in [1.29, 1.82) is 5.41 Å². The molecular weight excluding hydrogens is 531 g/mol. The molecular formula is C27H30F3N5O5. The van der Waals surface area contributed by atoms with Crippen LogP contribution >= 0.6 is 0 Å². The van der Waals surface area contributed by atoms with E-state index in [-0.39, 0.29) is 30.0 Å². The van der Waals surface area contributed by atoms with Crippen LogP contribution in [0.2, 0.25) is 0 Å². The number of alkyl halides is 3. The topological polar surface area (TPSA) is 115 Å². The number of amidine groups is 1. The molecule has 1 unspecified atom stereocenters. The van der Waals surface area contributed by atoms with E-state index in [2.05, 4.69) is 10.2 Å². The van der Waals surface area contributed by atoms with Crippen molar-refractivity contribution in [2.24, 2.45) is 0 Å². The van der Waals surface area contributed by atoms with Crippen molar-refractivity contribution in [3.63, 3.8) is 0 Å². The summed E-state index contributed by atoms with van der Waals surface area (Å²) in [4.78, 5) is 42.3. The summed E-state index contributed by atoms with van der Waals surface area (Å²) in [6.45, 7) is 6.22. The highest BCUT2D eigenvalue weighted by molar-refractivity contribution is 6.11.